The number of primary amides is 1. The average molecular weight is 284 g/mol. The van der Waals surface area contributed by atoms with Gasteiger partial charge in [0, 0.05) is 23.5 Å². The van der Waals surface area contributed by atoms with Crippen LogP contribution in [0.2, 0.25) is 0 Å². The molecule has 2 aromatic rings. The topological polar surface area (TPSA) is 82.3 Å². The lowest BCUT2D eigenvalue weighted by Crippen LogP contribution is -2.12. The summed E-state index contributed by atoms with van der Waals surface area (Å²) in [5, 5.41) is 0. The molecule has 5 heteroatoms. The highest BCUT2D eigenvalue weighted by Gasteiger charge is 2.10. The molecular weight excluding hydrogens is 268 g/mol. The zero-order valence-corrected chi connectivity index (χ0v) is 11.9. The summed E-state index contributed by atoms with van der Waals surface area (Å²) in [6.45, 7) is 3.88. The van der Waals surface area contributed by atoms with Gasteiger partial charge in [0.2, 0.25) is 5.91 Å². The summed E-state index contributed by atoms with van der Waals surface area (Å²) in [5.74, 6) is -0.866. The second-order valence-corrected chi connectivity index (χ2v) is 4.58. The van der Waals surface area contributed by atoms with Crippen molar-refractivity contribution in [1.82, 2.24) is 4.98 Å². The Bertz CT molecular complexity index is 696. The highest BCUT2D eigenvalue weighted by atomic mass is 16.5. The Labute approximate surface area is 122 Å². The molecule has 0 fully saturated rings. The lowest BCUT2D eigenvalue weighted by Gasteiger charge is -2.07. The van der Waals surface area contributed by atoms with E-state index in [4.69, 9.17) is 10.5 Å². The van der Waals surface area contributed by atoms with Crippen LogP contribution in [-0.4, -0.2) is 23.5 Å². The van der Waals surface area contributed by atoms with Gasteiger partial charge in [0.15, 0.2) is 0 Å². The molecular formula is C16H16N2O3. The number of nitrogens with two attached hydrogens (primary N) is 1. The van der Waals surface area contributed by atoms with Gasteiger partial charge in [-0.2, -0.15) is 0 Å². The van der Waals surface area contributed by atoms with Gasteiger partial charge >= 0.3 is 5.97 Å². The monoisotopic (exact) mass is 284 g/mol. The second-order valence-electron chi connectivity index (χ2n) is 4.58. The zero-order chi connectivity index (χ0) is 15.4. The quantitative estimate of drug-likeness (QED) is 0.873. The number of rotatable bonds is 4. The van der Waals surface area contributed by atoms with Gasteiger partial charge in [-0.25, -0.2) is 4.79 Å². The molecule has 0 bridgehead atoms. The first-order valence-corrected chi connectivity index (χ1v) is 6.56. The number of aromatic nitrogens is 1. The van der Waals surface area contributed by atoms with Crippen LogP contribution < -0.4 is 5.73 Å². The molecule has 0 radical (unpaired) electrons. The Morgan fingerprint density at radius 3 is 2.57 bits per heavy atom. The summed E-state index contributed by atoms with van der Waals surface area (Å²) < 4.78 is 4.95. The van der Waals surface area contributed by atoms with Crippen LogP contribution in [0.25, 0.3) is 11.1 Å². The number of ether oxygens (including phenoxy) is 1. The summed E-state index contributed by atoms with van der Waals surface area (Å²) >= 11 is 0. The van der Waals surface area contributed by atoms with Gasteiger partial charge < -0.3 is 10.5 Å². The Kier molecular flexibility index (Phi) is 4.33. The van der Waals surface area contributed by atoms with E-state index in [0.717, 1.165) is 16.7 Å². The van der Waals surface area contributed by atoms with E-state index in [1.807, 2.05) is 13.0 Å². The van der Waals surface area contributed by atoms with E-state index in [1.165, 1.54) is 6.20 Å². The van der Waals surface area contributed by atoms with Crippen molar-refractivity contribution >= 4 is 11.9 Å². The van der Waals surface area contributed by atoms with Gasteiger partial charge in [0.25, 0.3) is 0 Å². The van der Waals surface area contributed by atoms with Crippen molar-refractivity contribution in [3.05, 3.63) is 53.3 Å². The van der Waals surface area contributed by atoms with Crippen molar-refractivity contribution in [3.8, 4) is 11.1 Å². The zero-order valence-electron chi connectivity index (χ0n) is 11.9. The Balaban J connectivity index is 2.38. The maximum absolute atomic E-state index is 11.7. The van der Waals surface area contributed by atoms with E-state index >= 15 is 0 Å². The molecule has 0 saturated carbocycles. The van der Waals surface area contributed by atoms with Crippen molar-refractivity contribution in [1.29, 1.82) is 0 Å². The largest absolute Gasteiger partial charge is 0.462 e. The minimum absolute atomic E-state index is 0.315. The molecule has 1 aromatic heterocycles. The van der Waals surface area contributed by atoms with Crippen molar-refractivity contribution in [2.24, 2.45) is 5.73 Å². The number of amides is 1. The van der Waals surface area contributed by atoms with E-state index in [1.54, 1.807) is 31.3 Å². The third kappa shape index (κ3) is 3.25. The maximum Gasteiger partial charge on any atom is 0.339 e. The third-order valence-electron chi connectivity index (χ3n) is 3.07. The van der Waals surface area contributed by atoms with Crippen molar-refractivity contribution in [2.75, 3.05) is 6.61 Å². The molecule has 1 heterocycles. The standard InChI is InChI=1S/C16H16N2O3/c1-3-21-16(20)13-7-12(8-18-9-13)11-4-5-14(15(17)19)10(2)6-11/h4-9H,3H2,1-2H3,(H2,17,19). The summed E-state index contributed by atoms with van der Waals surface area (Å²) in [4.78, 5) is 27.0. The molecule has 1 amide bonds. The fourth-order valence-corrected chi connectivity index (χ4v) is 2.04. The first kappa shape index (κ1) is 14.7. The van der Waals surface area contributed by atoms with Crippen LogP contribution >= 0.6 is 0 Å². The number of carbonyl (C=O) groups excluding carboxylic acids is 2. The molecule has 2 N–H and O–H groups in total. The second kappa shape index (κ2) is 6.17. The SMILES string of the molecule is CCOC(=O)c1cncc(-c2ccc(C(N)=O)c(C)c2)c1. The van der Waals surface area contributed by atoms with E-state index in [9.17, 15) is 9.59 Å². The number of pyridine rings is 1. The Morgan fingerprint density at radius 2 is 1.95 bits per heavy atom. The van der Waals surface area contributed by atoms with Crippen LogP contribution in [0, 0.1) is 6.92 Å². The lowest BCUT2D eigenvalue weighted by molar-refractivity contribution is 0.0526. The lowest BCUT2D eigenvalue weighted by atomic mass is 10.00. The van der Waals surface area contributed by atoms with Gasteiger partial charge in [-0.1, -0.05) is 12.1 Å². The first-order chi connectivity index (χ1) is 10.0. The van der Waals surface area contributed by atoms with Gasteiger partial charge in [-0.15, -0.1) is 0 Å². The van der Waals surface area contributed by atoms with Gasteiger partial charge in [0.1, 0.15) is 0 Å². The van der Waals surface area contributed by atoms with E-state index in [-0.39, 0.29) is 0 Å². The number of esters is 1. The first-order valence-electron chi connectivity index (χ1n) is 6.56. The fourth-order valence-electron chi connectivity index (χ4n) is 2.04. The minimum atomic E-state index is -0.461. The van der Waals surface area contributed by atoms with Crippen LogP contribution in [-0.2, 0) is 4.74 Å². The molecule has 21 heavy (non-hydrogen) atoms. The number of hydrogen-bond acceptors (Lipinski definition) is 4. The molecule has 0 atom stereocenters. The van der Waals surface area contributed by atoms with Crippen LogP contribution in [0.5, 0.6) is 0 Å². The van der Waals surface area contributed by atoms with E-state index < -0.39 is 11.9 Å². The predicted octanol–water partition coefficient (Wildman–Crippen LogP) is 2.33. The average Bonchev–Trinajstić information content (AvgIpc) is 2.47. The van der Waals surface area contributed by atoms with Gasteiger partial charge in [0.05, 0.1) is 12.2 Å². The molecule has 0 aliphatic rings. The van der Waals surface area contributed by atoms with Crippen molar-refractivity contribution in [3.63, 3.8) is 0 Å². The maximum atomic E-state index is 11.7. The molecule has 0 aliphatic heterocycles. The summed E-state index contributed by atoms with van der Waals surface area (Å²) in [7, 11) is 0. The van der Waals surface area contributed by atoms with Crippen LogP contribution in [0.3, 0.4) is 0 Å². The van der Waals surface area contributed by atoms with Crippen molar-refractivity contribution < 1.29 is 14.3 Å². The minimum Gasteiger partial charge on any atom is -0.462 e. The summed E-state index contributed by atoms with van der Waals surface area (Å²) in [6, 6.07) is 7.00. The number of aryl methyl sites for hydroxylation is 1. The Hall–Kier alpha value is -2.69. The molecule has 2 rings (SSSR count). The Morgan fingerprint density at radius 1 is 1.19 bits per heavy atom. The number of carbonyl (C=O) groups is 2. The highest BCUT2D eigenvalue weighted by Crippen LogP contribution is 2.22. The van der Waals surface area contributed by atoms with Crippen LogP contribution in [0.4, 0.5) is 0 Å². The van der Waals surface area contributed by atoms with Crippen molar-refractivity contribution in [2.45, 2.75) is 13.8 Å². The van der Waals surface area contributed by atoms with E-state index in [2.05, 4.69) is 4.98 Å². The molecule has 0 unspecified atom stereocenters. The van der Waals surface area contributed by atoms with Gasteiger partial charge in [-0.05, 0) is 37.1 Å². The molecule has 1 aromatic carbocycles. The molecule has 5 nitrogen and oxygen atoms in total. The van der Waals surface area contributed by atoms with Crippen LogP contribution in [0.1, 0.15) is 33.2 Å². The molecule has 108 valence electrons. The predicted molar refractivity (Wildman–Crippen MR) is 78.9 cm³/mol. The molecule has 0 saturated heterocycles. The number of nitrogens with zero attached hydrogens (tertiary/aromatic N) is 1. The number of benzene rings is 1. The fraction of sp³-hybridized carbons (Fsp3) is 0.188. The highest BCUT2D eigenvalue weighted by molar-refractivity contribution is 5.95. The third-order valence-corrected chi connectivity index (χ3v) is 3.07. The van der Waals surface area contributed by atoms with Crippen LogP contribution in [0.15, 0.2) is 36.7 Å². The summed E-state index contributed by atoms with van der Waals surface area (Å²) in [5.41, 5.74) is 8.58. The molecule has 0 aliphatic carbocycles. The smallest absolute Gasteiger partial charge is 0.339 e. The number of hydrogen-bond donors (Lipinski definition) is 1. The molecule has 0 spiro atoms. The summed E-state index contributed by atoms with van der Waals surface area (Å²) in [6.07, 6.45) is 3.12. The van der Waals surface area contributed by atoms with Gasteiger partial charge in [-0.3, -0.25) is 9.78 Å². The van der Waals surface area contributed by atoms with E-state index in [0.29, 0.717) is 17.7 Å². The normalized spacial score (nSPS) is 10.2.